The van der Waals surface area contributed by atoms with Gasteiger partial charge in [0.05, 0.1) is 11.3 Å². The number of amides is 1. The van der Waals surface area contributed by atoms with Crippen LogP contribution in [0.3, 0.4) is 0 Å². The molecule has 2 aromatic carbocycles. The molecule has 0 saturated carbocycles. The van der Waals surface area contributed by atoms with Gasteiger partial charge in [-0.2, -0.15) is 13.2 Å². The molecule has 1 heterocycles. The monoisotopic (exact) mass is 490 g/mol. The van der Waals surface area contributed by atoms with E-state index in [2.05, 4.69) is 15.5 Å². The Balaban J connectivity index is 1.75. The standard InChI is InChI=1S/C25H29F3N4OS/c1-24(2,3)29-22(33)14-7-8-15-34-23-31-30-21(16-18-10-5-4-6-11-18)32(23)20-13-9-12-19(17-20)25(26,27)28/h4-6,9-13,17H,7-8,14-16H2,1-3H3,(H,29,33). The summed E-state index contributed by atoms with van der Waals surface area (Å²) in [6.45, 7) is 5.82. The van der Waals surface area contributed by atoms with E-state index >= 15 is 0 Å². The van der Waals surface area contributed by atoms with Crippen LogP contribution in [0.15, 0.2) is 59.8 Å². The third-order valence-corrected chi connectivity index (χ3v) is 5.90. The van der Waals surface area contributed by atoms with Crippen molar-refractivity contribution in [3.8, 4) is 5.69 Å². The van der Waals surface area contributed by atoms with E-state index in [-0.39, 0.29) is 11.4 Å². The van der Waals surface area contributed by atoms with Gasteiger partial charge >= 0.3 is 6.18 Å². The fraction of sp³-hybridized carbons (Fsp3) is 0.400. The highest BCUT2D eigenvalue weighted by molar-refractivity contribution is 7.99. The highest BCUT2D eigenvalue weighted by Gasteiger charge is 2.31. The van der Waals surface area contributed by atoms with Crippen molar-refractivity contribution in [3.05, 3.63) is 71.5 Å². The van der Waals surface area contributed by atoms with Crippen LogP contribution in [0.4, 0.5) is 13.2 Å². The molecule has 0 aliphatic carbocycles. The predicted molar refractivity (Wildman–Crippen MR) is 128 cm³/mol. The summed E-state index contributed by atoms with van der Waals surface area (Å²) in [7, 11) is 0. The Morgan fingerprint density at radius 1 is 1.00 bits per heavy atom. The topological polar surface area (TPSA) is 59.8 Å². The molecule has 0 fully saturated rings. The lowest BCUT2D eigenvalue weighted by molar-refractivity contribution is -0.137. The molecular formula is C25H29F3N4OS. The number of hydrogen-bond donors (Lipinski definition) is 1. The summed E-state index contributed by atoms with van der Waals surface area (Å²) in [4.78, 5) is 12.0. The largest absolute Gasteiger partial charge is 0.416 e. The summed E-state index contributed by atoms with van der Waals surface area (Å²) in [5.41, 5.74) is 0.384. The minimum Gasteiger partial charge on any atom is -0.352 e. The first-order chi connectivity index (χ1) is 16.0. The van der Waals surface area contributed by atoms with E-state index < -0.39 is 11.7 Å². The molecule has 0 radical (unpaired) electrons. The molecule has 0 bridgehead atoms. The summed E-state index contributed by atoms with van der Waals surface area (Å²) in [6, 6.07) is 14.8. The van der Waals surface area contributed by atoms with Crippen molar-refractivity contribution in [1.82, 2.24) is 20.1 Å². The Morgan fingerprint density at radius 3 is 2.41 bits per heavy atom. The average molecular weight is 491 g/mol. The number of halogens is 3. The maximum atomic E-state index is 13.3. The summed E-state index contributed by atoms with van der Waals surface area (Å²) in [6.07, 6.45) is -2.09. The highest BCUT2D eigenvalue weighted by atomic mass is 32.2. The van der Waals surface area contributed by atoms with Crippen LogP contribution in [0.2, 0.25) is 0 Å². The number of nitrogens with one attached hydrogen (secondary N) is 1. The molecule has 182 valence electrons. The molecule has 0 spiro atoms. The zero-order valence-electron chi connectivity index (χ0n) is 19.5. The number of nitrogens with zero attached hydrogens (tertiary/aromatic N) is 3. The van der Waals surface area contributed by atoms with Crippen LogP contribution in [-0.4, -0.2) is 32.0 Å². The number of hydrogen-bond acceptors (Lipinski definition) is 4. The number of rotatable bonds is 9. The lowest BCUT2D eigenvalue weighted by atomic mass is 10.1. The van der Waals surface area contributed by atoms with Crippen LogP contribution in [0.25, 0.3) is 5.69 Å². The van der Waals surface area contributed by atoms with Crippen molar-refractivity contribution in [3.63, 3.8) is 0 Å². The van der Waals surface area contributed by atoms with Gasteiger partial charge in [0.1, 0.15) is 5.82 Å². The molecule has 3 aromatic rings. The number of thioether (sulfide) groups is 1. The molecule has 1 aromatic heterocycles. The van der Waals surface area contributed by atoms with Crippen LogP contribution < -0.4 is 5.32 Å². The van der Waals surface area contributed by atoms with Crippen LogP contribution in [0, 0.1) is 0 Å². The maximum absolute atomic E-state index is 13.3. The minimum absolute atomic E-state index is 0.00906. The van der Waals surface area contributed by atoms with Crippen LogP contribution in [0.1, 0.15) is 57.0 Å². The van der Waals surface area contributed by atoms with Crippen LogP contribution in [0.5, 0.6) is 0 Å². The number of aromatic nitrogens is 3. The summed E-state index contributed by atoms with van der Waals surface area (Å²) < 4.78 is 41.7. The van der Waals surface area contributed by atoms with Crippen molar-refractivity contribution in [2.75, 3.05) is 5.75 Å². The van der Waals surface area contributed by atoms with Crippen molar-refractivity contribution in [2.24, 2.45) is 0 Å². The first kappa shape index (κ1) is 25.8. The molecule has 1 amide bonds. The van der Waals surface area contributed by atoms with Gasteiger partial charge in [0.2, 0.25) is 5.91 Å². The molecule has 34 heavy (non-hydrogen) atoms. The smallest absolute Gasteiger partial charge is 0.352 e. The van der Waals surface area contributed by atoms with Gasteiger partial charge in [0.25, 0.3) is 0 Å². The van der Waals surface area contributed by atoms with Gasteiger partial charge in [-0.05, 0) is 57.4 Å². The third kappa shape index (κ3) is 7.62. The van der Waals surface area contributed by atoms with Crippen molar-refractivity contribution < 1.29 is 18.0 Å². The number of carbonyl (C=O) groups excluding carboxylic acids is 1. The fourth-order valence-electron chi connectivity index (χ4n) is 3.40. The number of carbonyl (C=O) groups is 1. The van der Waals surface area contributed by atoms with E-state index in [4.69, 9.17) is 0 Å². The van der Waals surface area contributed by atoms with Crippen molar-refractivity contribution >= 4 is 17.7 Å². The molecule has 3 rings (SSSR count). The van der Waals surface area contributed by atoms with Crippen molar-refractivity contribution in [2.45, 2.75) is 63.3 Å². The molecule has 5 nitrogen and oxygen atoms in total. The van der Waals surface area contributed by atoms with Gasteiger partial charge < -0.3 is 5.32 Å². The van der Waals surface area contributed by atoms with Gasteiger partial charge in [-0.1, -0.05) is 48.2 Å². The molecule has 9 heteroatoms. The summed E-state index contributed by atoms with van der Waals surface area (Å²) in [5, 5.41) is 12.0. The zero-order valence-corrected chi connectivity index (χ0v) is 20.3. The fourth-order valence-corrected chi connectivity index (χ4v) is 4.37. The number of benzene rings is 2. The predicted octanol–water partition coefficient (Wildman–Crippen LogP) is 6.05. The molecule has 1 N–H and O–H groups in total. The second kappa shape index (κ2) is 11.1. The Morgan fingerprint density at radius 2 is 1.74 bits per heavy atom. The first-order valence-electron chi connectivity index (χ1n) is 11.1. The highest BCUT2D eigenvalue weighted by Crippen LogP contribution is 2.32. The number of unbranched alkanes of at least 4 members (excludes halogenated alkanes) is 1. The first-order valence-corrected chi connectivity index (χ1v) is 12.1. The van der Waals surface area contributed by atoms with Crippen LogP contribution >= 0.6 is 11.8 Å². The Bertz CT molecular complexity index is 1090. The molecule has 0 atom stereocenters. The van der Waals surface area contributed by atoms with Crippen molar-refractivity contribution in [1.29, 1.82) is 0 Å². The maximum Gasteiger partial charge on any atom is 0.416 e. The van der Waals surface area contributed by atoms with Gasteiger partial charge in [0.15, 0.2) is 5.16 Å². The quantitative estimate of drug-likeness (QED) is 0.293. The molecule has 0 aliphatic heterocycles. The average Bonchev–Trinajstić information content (AvgIpc) is 3.14. The lowest BCUT2D eigenvalue weighted by Crippen LogP contribution is -2.40. The lowest BCUT2D eigenvalue weighted by Gasteiger charge is -2.20. The van der Waals surface area contributed by atoms with Gasteiger partial charge in [-0.3, -0.25) is 9.36 Å². The molecule has 0 unspecified atom stereocenters. The second-order valence-electron chi connectivity index (χ2n) is 9.05. The Hall–Kier alpha value is -2.81. The normalized spacial score (nSPS) is 12.1. The van der Waals surface area contributed by atoms with Gasteiger partial charge in [0, 0.05) is 24.1 Å². The second-order valence-corrected chi connectivity index (χ2v) is 10.1. The molecule has 0 aliphatic rings. The molecule has 0 saturated heterocycles. The Kier molecular flexibility index (Phi) is 8.41. The zero-order chi connectivity index (χ0) is 24.8. The van der Waals surface area contributed by atoms with E-state index in [0.29, 0.717) is 41.7 Å². The summed E-state index contributed by atoms with van der Waals surface area (Å²) >= 11 is 1.43. The summed E-state index contributed by atoms with van der Waals surface area (Å²) in [5.74, 6) is 1.25. The van der Waals surface area contributed by atoms with E-state index in [0.717, 1.165) is 24.1 Å². The number of alkyl halides is 3. The Labute approximate surface area is 202 Å². The van der Waals surface area contributed by atoms with Crippen LogP contribution in [-0.2, 0) is 17.4 Å². The minimum atomic E-state index is -4.44. The molecular weight excluding hydrogens is 461 g/mol. The van der Waals surface area contributed by atoms with E-state index in [1.165, 1.54) is 17.8 Å². The third-order valence-electron chi connectivity index (χ3n) is 4.88. The SMILES string of the molecule is CC(C)(C)NC(=O)CCCCSc1nnc(Cc2ccccc2)n1-c1cccc(C(F)(F)F)c1. The van der Waals surface area contributed by atoms with Gasteiger partial charge in [-0.25, -0.2) is 0 Å². The van der Waals surface area contributed by atoms with Gasteiger partial charge in [-0.15, -0.1) is 10.2 Å². The van der Waals surface area contributed by atoms with E-state index in [9.17, 15) is 18.0 Å². The van der Waals surface area contributed by atoms with E-state index in [1.54, 1.807) is 10.6 Å². The van der Waals surface area contributed by atoms with E-state index in [1.807, 2.05) is 51.1 Å².